The lowest BCUT2D eigenvalue weighted by atomic mass is 10.1. The van der Waals surface area contributed by atoms with Crippen LogP contribution < -0.4 is 0 Å². The van der Waals surface area contributed by atoms with E-state index in [9.17, 15) is 5.11 Å². The molecule has 2 aromatic rings. The summed E-state index contributed by atoms with van der Waals surface area (Å²) in [6.07, 6.45) is 4.79. The van der Waals surface area contributed by atoms with Gasteiger partial charge in [0.25, 0.3) is 0 Å². The van der Waals surface area contributed by atoms with Crippen LogP contribution in [0.25, 0.3) is 0 Å². The van der Waals surface area contributed by atoms with Gasteiger partial charge >= 0.3 is 0 Å². The first-order chi connectivity index (χ1) is 7.77. The van der Waals surface area contributed by atoms with E-state index >= 15 is 0 Å². The molecule has 0 amide bonds. The average molecular weight is 213 g/mol. The Morgan fingerprint density at radius 3 is 2.69 bits per heavy atom. The second-order valence-corrected chi connectivity index (χ2v) is 3.32. The van der Waals surface area contributed by atoms with Crippen molar-refractivity contribution >= 4 is 12.2 Å². The largest absolute Gasteiger partial charge is 0.507 e. The number of phenols is 1. The molecule has 0 spiro atoms. The standard InChI is InChI=1S/C12H11N3O/c1-9-4-2-5-10(11(9)16)8-15-12-13-6-3-7-14-12/h2-8,16H,1H3. The Balaban J connectivity index is 2.28. The lowest BCUT2D eigenvalue weighted by molar-refractivity contribution is 0.470. The van der Waals surface area contributed by atoms with E-state index in [1.165, 1.54) is 0 Å². The van der Waals surface area contributed by atoms with E-state index < -0.39 is 0 Å². The first-order valence-electron chi connectivity index (χ1n) is 4.87. The normalized spacial score (nSPS) is 10.8. The van der Waals surface area contributed by atoms with Gasteiger partial charge in [-0.15, -0.1) is 0 Å². The summed E-state index contributed by atoms with van der Waals surface area (Å²) in [5.74, 6) is 0.616. The lowest BCUT2D eigenvalue weighted by Gasteiger charge is -2.00. The highest BCUT2D eigenvalue weighted by Crippen LogP contribution is 2.19. The fourth-order valence-corrected chi connectivity index (χ4v) is 1.27. The zero-order valence-electron chi connectivity index (χ0n) is 8.83. The summed E-state index contributed by atoms with van der Waals surface area (Å²) in [7, 11) is 0. The number of rotatable bonds is 2. The molecule has 16 heavy (non-hydrogen) atoms. The maximum absolute atomic E-state index is 9.74. The molecule has 0 radical (unpaired) electrons. The van der Waals surface area contributed by atoms with Gasteiger partial charge in [0.15, 0.2) is 0 Å². The number of aryl methyl sites for hydroxylation is 1. The Labute approximate surface area is 93.3 Å². The molecule has 0 unspecified atom stereocenters. The molecule has 0 saturated carbocycles. The van der Waals surface area contributed by atoms with Gasteiger partial charge in [-0.2, -0.15) is 0 Å². The molecule has 80 valence electrons. The molecule has 0 bridgehead atoms. The fraction of sp³-hybridized carbons (Fsp3) is 0.0833. The number of para-hydroxylation sites is 1. The molecule has 4 heteroatoms. The van der Waals surface area contributed by atoms with Crippen molar-refractivity contribution in [2.75, 3.05) is 0 Å². The molecule has 0 aliphatic heterocycles. The van der Waals surface area contributed by atoms with Gasteiger partial charge in [0.05, 0.1) is 0 Å². The van der Waals surface area contributed by atoms with Crippen molar-refractivity contribution in [1.29, 1.82) is 0 Å². The van der Waals surface area contributed by atoms with Crippen LogP contribution in [0.1, 0.15) is 11.1 Å². The number of aromatic hydroxyl groups is 1. The Bertz CT molecular complexity index is 509. The SMILES string of the molecule is Cc1cccc(C=Nc2ncccn2)c1O. The molecule has 1 heterocycles. The van der Waals surface area contributed by atoms with Gasteiger partial charge in [-0.3, -0.25) is 0 Å². The highest BCUT2D eigenvalue weighted by molar-refractivity contribution is 5.85. The Hall–Kier alpha value is -2.23. The van der Waals surface area contributed by atoms with Crippen LogP contribution in [0.5, 0.6) is 5.75 Å². The van der Waals surface area contributed by atoms with Crippen LogP contribution in [0.3, 0.4) is 0 Å². The van der Waals surface area contributed by atoms with E-state index in [1.54, 1.807) is 30.7 Å². The summed E-state index contributed by atoms with van der Waals surface area (Å²) in [6.45, 7) is 1.84. The molecular weight excluding hydrogens is 202 g/mol. The van der Waals surface area contributed by atoms with Crippen LogP contribution >= 0.6 is 0 Å². The minimum Gasteiger partial charge on any atom is -0.507 e. The second kappa shape index (κ2) is 4.53. The van der Waals surface area contributed by atoms with Gasteiger partial charge < -0.3 is 5.11 Å². The van der Waals surface area contributed by atoms with E-state index in [0.29, 0.717) is 11.5 Å². The summed E-state index contributed by atoms with van der Waals surface area (Å²) in [5.41, 5.74) is 1.48. The van der Waals surface area contributed by atoms with E-state index in [-0.39, 0.29) is 5.75 Å². The Morgan fingerprint density at radius 1 is 1.19 bits per heavy atom. The van der Waals surface area contributed by atoms with Gasteiger partial charge in [-0.05, 0) is 24.6 Å². The molecule has 0 fully saturated rings. The van der Waals surface area contributed by atoms with Crippen molar-refractivity contribution in [3.05, 3.63) is 47.8 Å². The number of hydrogen-bond donors (Lipinski definition) is 1. The first-order valence-corrected chi connectivity index (χ1v) is 4.87. The summed E-state index contributed by atoms with van der Waals surface area (Å²) in [6, 6.07) is 7.21. The predicted octanol–water partition coefficient (Wildman–Crippen LogP) is 2.24. The van der Waals surface area contributed by atoms with E-state index in [4.69, 9.17) is 0 Å². The summed E-state index contributed by atoms with van der Waals surface area (Å²) in [4.78, 5) is 12.0. The van der Waals surface area contributed by atoms with E-state index in [0.717, 1.165) is 5.56 Å². The average Bonchev–Trinajstić information content (AvgIpc) is 2.32. The van der Waals surface area contributed by atoms with Crippen molar-refractivity contribution in [1.82, 2.24) is 9.97 Å². The number of nitrogens with zero attached hydrogens (tertiary/aromatic N) is 3. The van der Waals surface area contributed by atoms with Gasteiger partial charge in [-0.25, -0.2) is 15.0 Å². The third kappa shape index (κ3) is 2.23. The Kier molecular flexibility index (Phi) is 2.91. The molecule has 2 rings (SSSR count). The molecule has 4 nitrogen and oxygen atoms in total. The molecule has 1 N–H and O–H groups in total. The smallest absolute Gasteiger partial charge is 0.249 e. The molecule has 0 atom stereocenters. The van der Waals surface area contributed by atoms with Crippen LogP contribution in [0.2, 0.25) is 0 Å². The monoisotopic (exact) mass is 213 g/mol. The third-order valence-corrected chi connectivity index (χ3v) is 2.14. The van der Waals surface area contributed by atoms with Crippen molar-refractivity contribution in [3.8, 4) is 5.75 Å². The van der Waals surface area contributed by atoms with Crippen molar-refractivity contribution in [2.24, 2.45) is 4.99 Å². The van der Waals surface area contributed by atoms with Crippen LogP contribution in [0, 0.1) is 6.92 Å². The minimum absolute atomic E-state index is 0.238. The van der Waals surface area contributed by atoms with Crippen molar-refractivity contribution < 1.29 is 5.11 Å². The summed E-state index contributed by atoms with van der Waals surface area (Å²) >= 11 is 0. The Morgan fingerprint density at radius 2 is 1.94 bits per heavy atom. The van der Waals surface area contributed by atoms with Crippen LogP contribution in [0.4, 0.5) is 5.95 Å². The molecule has 0 aliphatic rings. The highest BCUT2D eigenvalue weighted by atomic mass is 16.3. The van der Waals surface area contributed by atoms with Crippen LogP contribution in [0.15, 0.2) is 41.7 Å². The number of hydrogen-bond acceptors (Lipinski definition) is 4. The third-order valence-electron chi connectivity index (χ3n) is 2.14. The lowest BCUT2D eigenvalue weighted by Crippen LogP contribution is -1.86. The number of benzene rings is 1. The molecule has 1 aromatic carbocycles. The molecular formula is C12H11N3O. The second-order valence-electron chi connectivity index (χ2n) is 3.32. The molecule has 0 saturated heterocycles. The minimum atomic E-state index is 0.238. The highest BCUT2D eigenvalue weighted by Gasteiger charge is 2.00. The van der Waals surface area contributed by atoms with Gasteiger partial charge in [-0.1, -0.05) is 12.1 Å². The maximum Gasteiger partial charge on any atom is 0.249 e. The van der Waals surface area contributed by atoms with Gasteiger partial charge in [0, 0.05) is 24.2 Å². The van der Waals surface area contributed by atoms with Gasteiger partial charge in [0.1, 0.15) is 5.75 Å². The van der Waals surface area contributed by atoms with Crippen LogP contribution in [-0.2, 0) is 0 Å². The van der Waals surface area contributed by atoms with E-state index in [1.807, 2.05) is 19.1 Å². The van der Waals surface area contributed by atoms with Crippen molar-refractivity contribution in [2.45, 2.75) is 6.92 Å². The summed E-state index contributed by atoms with van der Waals surface area (Å²) < 4.78 is 0. The fourth-order valence-electron chi connectivity index (χ4n) is 1.27. The molecule has 0 aliphatic carbocycles. The van der Waals surface area contributed by atoms with E-state index in [2.05, 4.69) is 15.0 Å². The number of aliphatic imine (C=N–C) groups is 1. The molecule has 1 aromatic heterocycles. The first kappa shape index (κ1) is 10.3. The van der Waals surface area contributed by atoms with Crippen LogP contribution in [-0.4, -0.2) is 21.3 Å². The zero-order valence-corrected chi connectivity index (χ0v) is 8.83. The predicted molar refractivity (Wildman–Crippen MR) is 62.1 cm³/mol. The number of aromatic nitrogens is 2. The topological polar surface area (TPSA) is 58.4 Å². The van der Waals surface area contributed by atoms with Gasteiger partial charge in [0.2, 0.25) is 5.95 Å². The quantitative estimate of drug-likeness (QED) is 0.778. The summed E-state index contributed by atoms with van der Waals surface area (Å²) in [5, 5.41) is 9.74. The maximum atomic E-state index is 9.74. The number of phenolic OH excluding ortho intramolecular Hbond substituents is 1. The van der Waals surface area contributed by atoms with Crippen molar-refractivity contribution in [3.63, 3.8) is 0 Å². The zero-order chi connectivity index (χ0) is 11.4.